The molecule has 2 saturated heterocycles. The first-order valence-corrected chi connectivity index (χ1v) is 13.7. The smallest absolute Gasteiger partial charge is 0.225 e. The van der Waals surface area contributed by atoms with E-state index in [-0.39, 0.29) is 11.5 Å². The Morgan fingerprint density at radius 1 is 1.11 bits per heavy atom. The molecular formula is C29H38N6O2. The average molecular weight is 503 g/mol. The summed E-state index contributed by atoms with van der Waals surface area (Å²) in [4.78, 5) is 24.3. The van der Waals surface area contributed by atoms with E-state index in [0.29, 0.717) is 11.9 Å². The molecule has 1 aliphatic carbocycles. The van der Waals surface area contributed by atoms with Crippen molar-refractivity contribution in [1.29, 1.82) is 0 Å². The van der Waals surface area contributed by atoms with Crippen LogP contribution in [0.15, 0.2) is 42.9 Å². The van der Waals surface area contributed by atoms with Crippen LogP contribution >= 0.6 is 0 Å². The Morgan fingerprint density at radius 3 is 2.59 bits per heavy atom. The molecule has 3 aromatic heterocycles. The van der Waals surface area contributed by atoms with Gasteiger partial charge >= 0.3 is 0 Å². The van der Waals surface area contributed by atoms with Crippen LogP contribution in [0, 0.1) is 5.92 Å². The van der Waals surface area contributed by atoms with Gasteiger partial charge in [-0.25, -0.2) is 4.52 Å². The summed E-state index contributed by atoms with van der Waals surface area (Å²) >= 11 is 0. The number of carbonyl (C=O) groups is 1. The summed E-state index contributed by atoms with van der Waals surface area (Å²) in [6.45, 7) is 9.78. The van der Waals surface area contributed by atoms with E-state index in [0.717, 1.165) is 93.0 Å². The number of piperidine rings is 1. The third-order valence-electron chi connectivity index (χ3n) is 8.54. The van der Waals surface area contributed by atoms with Crippen molar-refractivity contribution in [2.24, 2.45) is 5.92 Å². The largest absolute Gasteiger partial charge is 0.372 e. The fourth-order valence-electron chi connectivity index (χ4n) is 6.01. The Labute approximate surface area is 219 Å². The Morgan fingerprint density at radius 2 is 1.92 bits per heavy atom. The normalized spacial score (nSPS) is 23.2. The molecule has 0 unspecified atom stereocenters. The highest BCUT2D eigenvalue weighted by Gasteiger charge is 2.38. The number of anilines is 1. The minimum atomic E-state index is -0.308. The van der Waals surface area contributed by atoms with Gasteiger partial charge in [-0.3, -0.25) is 14.7 Å². The number of aromatic nitrogens is 3. The molecule has 3 aromatic rings. The highest BCUT2D eigenvalue weighted by Crippen LogP contribution is 2.36. The topological polar surface area (TPSA) is 66.2 Å². The fraction of sp³-hybridized carbons (Fsp3) is 0.552. The molecule has 1 saturated carbocycles. The molecule has 3 fully saturated rings. The van der Waals surface area contributed by atoms with Gasteiger partial charge in [0.2, 0.25) is 5.91 Å². The number of fused-ring (bicyclic) bond motifs is 1. The van der Waals surface area contributed by atoms with E-state index >= 15 is 0 Å². The molecule has 37 heavy (non-hydrogen) atoms. The quantitative estimate of drug-likeness (QED) is 0.511. The summed E-state index contributed by atoms with van der Waals surface area (Å²) in [6, 6.07) is 9.06. The van der Waals surface area contributed by atoms with Gasteiger partial charge in [-0.15, -0.1) is 0 Å². The number of pyridine rings is 1. The molecule has 0 bridgehead atoms. The van der Waals surface area contributed by atoms with E-state index < -0.39 is 0 Å². The number of ether oxygens (including phenoxy) is 1. The third-order valence-corrected chi connectivity index (χ3v) is 8.54. The third kappa shape index (κ3) is 4.61. The molecule has 5 heterocycles. The van der Waals surface area contributed by atoms with Crippen LogP contribution in [0.2, 0.25) is 0 Å². The molecule has 1 atom stereocenters. The number of rotatable bonds is 6. The van der Waals surface area contributed by atoms with Gasteiger partial charge in [-0.1, -0.05) is 6.07 Å². The van der Waals surface area contributed by atoms with Crippen LogP contribution in [0.25, 0.3) is 16.8 Å². The lowest BCUT2D eigenvalue weighted by Gasteiger charge is -2.43. The first-order valence-electron chi connectivity index (χ1n) is 13.7. The van der Waals surface area contributed by atoms with Gasteiger partial charge in [0.05, 0.1) is 16.9 Å². The zero-order valence-electron chi connectivity index (χ0n) is 22.3. The Bertz CT molecular complexity index is 1260. The molecular weight excluding hydrogens is 464 g/mol. The SMILES string of the molecule is CO[C@]1(c2ccc(-c3cc4c(N5CCN(C(=O)C6CC6)CC5)ccnn4c3)nc2)CCCN(C(C)C)C1. The van der Waals surface area contributed by atoms with Gasteiger partial charge in [0.15, 0.2) is 0 Å². The Hall–Kier alpha value is -2.97. The summed E-state index contributed by atoms with van der Waals surface area (Å²) in [7, 11) is 1.83. The zero-order valence-corrected chi connectivity index (χ0v) is 22.3. The second-order valence-corrected chi connectivity index (χ2v) is 11.2. The molecule has 0 radical (unpaired) electrons. The standard InChI is InChI=1S/C29H38N6O2/c1-21(2)34-12-4-10-29(20-34,37-3)24-7-8-25(30-18-24)23-17-27-26(9-11-31-35(27)19-23)32-13-15-33(16-14-32)28(36)22-5-6-22/h7-9,11,17-19,21-22H,4-6,10,12-16,20H2,1-3H3/t29-/m1/s1. The van der Waals surface area contributed by atoms with E-state index in [9.17, 15) is 4.79 Å². The number of amides is 1. The van der Waals surface area contributed by atoms with Crippen molar-refractivity contribution >= 4 is 17.1 Å². The molecule has 0 spiro atoms. The number of methoxy groups -OCH3 is 1. The first kappa shape index (κ1) is 24.4. The summed E-state index contributed by atoms with van der Waals surface area (Å²) in [5, 5.41) is 4.57. The molecule has 1 amide bonds. The van der Waals surface area contributed by atoms with E-state index in [1.54, 1.807) is 0 Å². The minimum Gasteiger partial charge on any atom is -0.372 e. The summed E-state index contributed by atoms with van der Waals surface area (Å²) in [6.07, 6.45) is 10.2. The summed E-state index contributed by atoms with van der Waals surface area (Å²) < 4.78 is 8.08. The van der Waals surface area contributed by atoms with Gasteiger partial charge < -0.3 is 14.5 Å². The number of likely N-dealkylation sites (tertiary alicyclic amines) is 1. The van der Waals surface area contributed by atoms with E-state index in [4.69, 9.17) is 9.72 Å². The number of nitrogens with zero attached hydrogens (tertiary/aromatic N) is 6. The van der Waals surface area contributed by atoms with Gasteiger partial charge in [-0.05, 0) is 64.3 Å². The van der Waals surface area contributed by atoms with Crippen molar-refractivity contribution in [3.63, 3.8) is 0 Å². The van der Waals surface area contributed by atoms with Crippen LogP contribution in [-0.2, 0) is 15.1 Å². The number of hydrogen-bond acceptors (Lipinski definition) is 6. The van der Waals surface area contributed by atoms with Crippen molar-refractivity contribution in [3.05, 3.63) is 48.4 Å². The number of carbonyl (C=O) groups excluding carboxylic acids is 1. The van der Waals surface area contributed by atoms with Crippen molar-refractivity contribution in [2.75, 3.05) is 51.3 Å². The minimum absolute atomic E-state index is 0.289. The predicted octanol–water partition coefficient (Wildman–Crippen LogP) is 3.80. The molecule has 0 aromatic carbocycles. The maximum atomic E-state index is 12.5. The molecule has 3 aliphatic rings. The monoisotopic (exact) mass is 502 g/mol. The van der Waals surface area contributed by atoms with Gasteiger partial charge in [0.1, 0.15) is 5.60 Å². The second kappa shape index (κ2) is 9.72. The lowest BCUT2D eigenvalue weighted by atomic mass is 9.85. The molecule has 2 aliphatic heterocycles. The first-order chi connectivity index (χ1) is 18.0. The van der Waals surface area contributed by atoms with Gasteiger partial charge in [0, 0.05) is 81.5 Å². The second-order valence-electron chi connectivity index (χ2n) is 11.2. The maximum absolute atomic E-state index is 12.5. The average Bonchev–Trinajstić information content (AvgIpc) is 3.70. The lowest BCUT2D eigenvalue weighted by Crippen LogP contribution is -2.49. The molecule has 6 rings (SSSR count). The molecule has 196 valence electrons. The van der Waals surface area contributed by atoms with Crippen molar-refractivity contribution in [3.8, 4) is 11.3 Å². The van der Waals surface area contributed by atoms with Crippen LogP contribution in [0.3, 0.4) is 0 Å². The van der Waals surface area contributed by atoms with E-state index in [1.165, 1.54) is 0 Å². The predicted molar refractivity (Wildman–Crippen MR) is 145 cm³/mol. The van der Waals surface area contributed by atoms with E-state index in [2.05, 4.69) is 59.2 Å². The lowest BCUT2D eigenvalue weighted by molar-refractivity contribution is -0.132. The van der Waals surface area contributed by atoms with Crippen LogP contribution in [-0.4, -0.2) is 82.7 Å². The van der Waals surface area contributed by atoms with Crippen LogP contribution < -0.4 is 4.90 Å². The summed E-state index contributed by atoms with van der Waals surface area (Å²) in [5.41, 5.74) is 5.04. The molecule has 8 heteroatoms. The van der Waals surface area contributed by atoms with E-state index in [1.807, 2.05) is 28.9 Å². The van der Waals surface area contributed by atoms with Gasteiger partial charge in [-0.2, -0.15) is 5.10 Å². The highest BCUT2D eigenvalue weighted by atomic mass is 16.5. The van der Waals surface area contributed by atoms with Crippen molar-refractivity contribution < 1.29 is 9.53 Å². The number of hydrogen-bond donors (Lipinski definition) is 0. The Kier molecular flexibility index (Phi) is 6.41. The van der Waals surface area contributed by atoms with Crippen molar-refractivity contribution in [2.45, 2.75) is 51.2 Å². The fourth-order valence-corrected chi connectivity index (χ4v) is 6.01. The van der Waals surface area contributed by atoms with Crippen molar-refractivity contribution in [1.82, 2.24) is 24.4 Å². The number of piperazine rings is 1. The zero-order chi connectivity index (χ0) is 25.6. The maximum Gasteiger partial charge on any atom is 0.225 e. The van der Waals surface area contributed by atoms with Crippen LogP contribution in [0.5, 0.6) is 0 Å². The van der Waals surface area contributed by atoms with Gasteiger partial charge in [0.25, 0.3) is 0 Å². The van der Waals surface area contributed by atoms with Crippen LogP contribution in [0.1, 0.15) is 45.1 Å². The molecule has 8 nitrogen and oxygen atoms in total. The molecule has 0 N–H and O–H groups in total. The summed E-state index contributed by atoms with van der Waals surface area (Å²) in [5.74, 6) is 0.636. The van der Waals surface area contributed by atoms with Crippen LogP contribution in [0.4, 0.5) is 5.69 Å². The highest BCUT2D eigenvalue weighted by molar-refractivity contribution is 5.82. The Balaban J connectivity index is 1.22.